The van der Waals surface area contributed by atoms with E-state index in [1.807, 2.05) is 0 Å². The van der Waals surface area contributed by atoms with Crippen LogP contribution in [0.15, 0.2) is 34.3 Å². The standard InChI is InChI=1S/C28H18BrCl2F5N2O5/c1-2-37-23(40)11-5-4-10-13(15(11)24(37)41)8-27(30)25(42)38(22-20(35)18(33)17(32)19(34)21(22)36)26(43)28(27,31)16(10)12-7-9(29)3-6-14(12)39/h3-4,6-7,11,13,15-16,39H,2,5,8H2,1H3/t11-,13+,15-,16+,27+,28-/m0/s1. The smallest absolute Gasteiger partial charge is 0.258 e. The van der Waals surface area contributed by atoms with E-state index in [2.05, 4.69) is 15.9 Å². The van der Waals surface area contributed by atoms with Crippen LogP contribution in [-0.2, 0) is 19.2 Å². The zero-order chi connectivity index (χ0) is 31.5. The van der Waals surface area contributed by atoms with Crippen molar-refractivity contribution in [3.63, 3.8) is 0 Å². The monoisotopic (exact) mass is 706 g/mol. The minimum atomic E-state index is -2.70. The molecule has 0 spiro atoms. The fourth-order valence-electron chi connectivity index (χ4n) is 7.05. The molecule has 0 aromatic heterocycles. The highest BCUT2D eigenvalue weighted by Gasteiger charge is 2.77. The van der Waals surface area contributed by atoms with E-state index in [-0.39, 0.29) is 29.0 Å². The number of amides is 4. The number of phenolic OH excluding ortho intramolecular Hbond substituents is 1. The third-order valence-corrected chi connectivity index (χ3v) is 10.8. The maximum absolute atomic E-state index is 15.0. The fourth-order valence-corrected chi connectivity index (χ4v) is 8.35. The first-order chi connectivity index (χ1) is 20.1. The predicted molar refractivity (Wildman–Crippen MR) is 145 cm³/mol. The number of allylic oxidation sites excluding steroid dienone is 2. The van der Waals surface area contributed by atoms with Gasteiger partial charge in [-0.2, -0.15) is 0 Å². The Bertz CT molecular complexity index is 1700. The zero-order valence-electron chi connectivity index (χ0n) is 21.7. The zero-order valence-corrected chi connectivity index (χ0v) is 24.8. The number of carbonyl (C=O) groups is 4. The normalized spacial score (nSPS) is 31.8. The Kier molecular flexibility index (Phi) is 6.80. The molecule has 0 radical (unpaired) electrons. The molecule has 2 saturated heterocycles. The highest BCUT2D eigenvalue weighted by Crippen LogP contribution is 2.66. The van der Waals surface area contributed by atoms with Crippen LogP contribution in [0.3, 0.4) is 0 Å². The molecule has 2 aliphatic heterocycles. The molecule has 6 atom stereocenters. The van der Waals surface area contributed by atoms with Gasteiger partial charge in [0.25, 0.3) is 11.8 Å². The Morgan fingerprint density at radius 2 is 1.53 bits per heavy atom. The van der Waals surface area contributed by atoms with Gasteiger partial charge in [0.15, 0.2) is 33.0 Å². The number of hydrogen-bond donors (Lipinski definition) is 1. The van der Waals surface area contributed by atoms with E-state index in [9.17, 15) is 37.5 Å². The van der Waals surface area contributed by atoms with Gasteiger partial charge in [-0.3, -0.25) is 24.1 Å². The number of alkyl halides is 2. The van der Waals surface area contributed by atoms with Crippen molar-refractivity contribution >= 4 is 68.4 Å². The molecule has 15 heteroatoms. The fraction of sp³-hybridized carbons (Fsp3) is 0.357. The highest BCUT2D eigenvalue weighted by atomic mass is 79.9. The number of aromatic hydroxyl groups is 1. The van der Waals surface area contributed by atoms with Crippen LogP contribution in [0.2, 0.25) is 0 Å². The Hall–Kier alpha value is -3.03. The topological polar surface area (TPSA) is 95.0 Å². The van der Waals surface area contributed by atoms with Gasteiger partial charge in [-0.05, 0) is 43.9 Å². The molecule has 2 aromatic rings. The van der Waals surface area contributed by atoms with Gasteiger partial charge >= 0.3 is 0 Å². The van der Waals surface area contributed by atoms with Gasteiger partial charge in [0.05, 0.1) is 11.8 Å². The van der Waals surface area contributed by atoms with Crippen molar-refractivity contribution in [3.05, 3.63) is 69.0 Å². The van der Waals surface area contributed by atoms with Crippen molar-refractivity contribution in [2.24, 2.45) is 17.8 Å². The van der Waals surface area contributed by atoms with Crippen LogP contribution in [0, 0.1) is 46.8 Å². The molecule has 7 nitrogen and oxygen atoms in total. The number of rotatable bonds is 3. The predicted octanol–water partition coefficient (Wildman–Crippen LogP) is 5.43. The Morgan fingerprint density at radius 1 is 0.930 bits per heavy atom. The van der Waals surface area contributed by atoms with Crippen LogP contribution in [-0.4, -0.2) is 49.9 Å². The molecule has 2 heterocycles. The quantitative estimate of drug-likeness (QED) is 0.115. The molecule has 2 aromatic carbocycles. The lowest BCUT2D eigenvalue weighted by Crippen LogP contribution is -2.60. The lowest BCUT2D eigenvalue weighted by atomic mass is 9.56. The van der Waals surface area contributed by atoms with Crippen molar-refractivity contribution in [1.82, 2.24) is 4.90 Å². The minimum Gasteiger partial charge on any atom is -0.508 e. The Balaban J connectivity index is 1.63. The summed E-state index contributed by atoms with van der Waals surface area (Å²) in [4.78, 5) is 50.1. The molecule has 6 rings (SSSR count). The van der Waals surface area contributed by atoms with E-state index in [0.717, 1.165) is 4.90 Å². The summed E-state index contributed by atoms with van der Waals surface area (Å²) < 4.78 is 72.8. The van der Waals surface area contributed by atoms with Crippen molar-refractivity contribution in [2.75, 3.05) is 11.4 Å². The first-order valence-corrected chi connectivity index (χ1v) is 14.5. The molecular formula is C28H18BrCl2F5N2O5. The van der Waals surface area contributed by atoms with E-state index in [1.54, 1.807) is 13.0 Å². The SMILES string of the molecule is CCN1C(=O)[C@H]2[C@H](CC=C3[C@H]2C[C@@]2(Cl)C(=O)N(c4c(F)c(F)c(F)c(F)c4F)C(=O)[C@@]2(Cl)[C@H]3c2cc(Br)ccc2O)C1=O. The Morgan fingerprint density at radius 3 is 2.14 bits per heavy atom. The molecule has 0 bridgehead atoms. The largest absolute Gasteiger partial charge is 0.508 e. The summed E-state index contributed by atoms with van der Waals surface area (Å²) in [6.07, 6.45) is 0.971. The van der Waals surface area contributed by atoms with E-state index in [0.29, 0.717) is 4.47 Å². The molecule has 3 fully saturated rings. The number of fused-ring (bicyclic) bond motifs is 4. The summed E-state index contributed by atoms with van der Waals surface area (Å²) in [6.45, 7) is 1.65. The number of halogens is 8. The summed E-state index contributed by atoms with van der Waals surface area (Å²) >= 11 is 17.2. The van der Waals surface area contributed by atoms with Crippen LogP contribution in [0.1, 0.15) is 31.2 Å². The maximum atomic E-state index is 15.0. The number of benzene rings is 2. The molecule has 4 aliphatic rings. The molecular weight excluding hydrogens is 690 g/mol. The number of phenols is 1. The Labute approximate surface area is 258 Å². The first-order valence-electron chi connectivity index (χ1n) is 12.9. The summed E-state index contributed by atoms with van der Waals surface area (Å²) in [7, 11) is 0. The van der Waals surface area contributed by atoms with Crippen LogP contribution < -0.4 is 4.90 Å². The number of anilines is 1. The van der Waals surface area contributed by atoms with E-state index < -0.39 is 104 Å². The lowest BCUT2D eigenvalue weighted by molar-refractivity contribution is -0.140. The molecule has 1 saturated carbocycles. The van der Waals surface area contributed by atoms with Crippen LogP contribution in [0.25, 0.3) is 0 Å². The van der Waals surface area contributed by atoms with Crippen LogP contribution >= 0.6 is 39.1 Å². The maximum Gasteiger partial charge on any atom is 0.258 e. The van der Waals surface area contributed by atoms with Gasteiger partial charge < -0.3 is 5.11 Å². The third-order valence-electron chi connectivity index (χ3n) is 8.93. The highest BCUT2D eigenvalue weighted by molar-refractivity contribution is 9.10. The van der Waals surface area contributed by atoms with Crippen LogP contribution in [0.4, 0.5) is 27.6 Å². The number of nitrogens with zero attached hydrogens (tertiary/aromatic N) is 2. The second-order valence-electron chi connectivity index (χ2n) is 10.8. The first kappa shape index (κ1) is 30.0. The summed E-state index contributed by atoms with van der Waals surface area (Å²) in [5.41, 5.74) is -1.69. The third kappa shape index (κ3) is 3.64. The molecule has 0 unspecified atom stereocenters. The lowest BCUT2D eigenvalue weighted by Gasteiger charge is -2.50. The number of likely N-dealkylation sites (tertiary alicyclic amines) is 1. The van der Waals surface area contributed by atoms with Gasteiger partial charge in [0.1, 0.15) is 11.4 Å². The van der Waals surface area contributed by atoms with Gasteiger partial charge in [-0.15, -0.1) is 23.2 Å². The molecule has 4 amide bonds. The number of imide groups is 2. The van der Waals surface area contributed by atoms with Gasteiger partial charge in [-0.1, -0.05) is 27.6 Å². The van der Waals surface area contributed by atoms with E-state index in [4.69, 9.17) is 23.2 Å². The molecule has 2 aliphatic carbocycles. The number of carbonyl (C=O) groups excluding carboxylic acids is 4. The van der Waals surface area contributed by atoms with Crippen molar-refractivity contribution in [1.29, 1.82) is 0 Å². The minimum absolute atomic E-state index is 0.0224. The summed E-state index contributed by atoms with van der Waals surface area (Å²) in [5.74, 6) is -21.4. The van der Waals surface area contributed by atoms with Crippen LogP contribution in [0.5, 0.6) is 5.75 Å². The summed E-state index contributed by atoms with van der Waals surface area (Å²) in [6, 6.07) is 4.04. The van der Waals surface area contributed by atoms with Crippen molar-refractivity contribution in [2.45, 2.75) is 35.4 Å². The average molecular weight is 708 g/mol. The average Bonchev–Trinajstić information content (AvgIpc) is 3.30. The molecule has 43 heavy (non-hydrogen) atoms. The summed E-state index contributed by atoms with van der Waals surface area (Å²) in [5, 5.41) is 10.9. The van der Waals surface area contributed by atoms with E-state index in [1.165, 1.54) is 18.2 Å². The molecule has 226 valence electrons. The van der Waals surface area contributed by atoms with Gasteiger partial charge in [-0.25, -0.2) is 26.9 Å². The van der Waals surface area contributed by atoms with E-state index >= 15 is 8.78 Å². The van der Waals surface area contributed by atoms with Gasteiger partial charge in [0, 0.05) is 22.5 Å². The second-order valence-corrected chi connectivity index (χ2v) is 13.0. The van der Waals surface area contributed by atoms with Crippen molar-refractivity contribution < 1.29 is 46.2 Å². The molecule has 1 N–H and O–H groups in total. The second kappa shape index (κ2) is 9.73. The van der Waals surface area contributed by atoms with Crippen molar-refractivity contribution in [3.8, 4) is 5.75 Å². The van der Waals surface area contributed by atoms with Gasteiger partial charge in [0.2, 0.25) is 17.6 Å². The number of hydrogen-bond acceptors (Lipinski definition) is 5.